The highest BCUT2D eigenvalue weighted by Crippen LogP contribution is 2.22. The van der Waals surface area contributed by atoms with E-state index in [2.05, 4.69) is 16.7 Å². The molecule has 2 N–H and O–H groups in total. The van der Waals surface area contributed by atoms with E-state index >= 15 is 0 Å². The van der Waals surface area contributed by atoms with Gasteiger partial charge in [-0.3, -0.25) is 9.69 Å². The van der Waals surface area contributed by atoms with Crippen molar-refractivity contribution in [2.75, 3.05) is 54.0 Å². The third-order valence-electron chi connectivity index (χ3n) is 6.16. The number of ether oxygens (including phenoxy) is 6. The zero-order valence-corrected chi connectivity index (χ0v) is 28.3. The molecule has 0 atom stereocenters. The summed E-state index contributed by atoms with van der Waals surface area (Å²) in [5.74, 6) is 1.15. The highest BCUT2D eigenvalue weighted by Gasteiger charge is 2.20. The van der Waals surface area contributed by atoms with E-state index in [-0.39, 0.29) is 26.1 Å². The number of esters is 1. The van der Waals surface area contributed by atoms with E-state index in [1.165, 1.54) is 0 Å². The van der Waals surface area contributed by atoms with E-state index in [0.717, 1.165) is 35.3 Å². The molecule has 2 aromatic carbocycles. The lowest BCUT2D eigenvalue weighted by Crippen LogP contribution is -2.38. The molecule has 0 saturated carbocycles. The predicted molar refractivity (Wildman–Crippen MR) is 173 cm³/mol. The van der Waals surface area contributed by atoms with Crippen LogP contribution in [-0.4, -0.2) is 82.1 Å². The van der Waals surface area contributed by atoms with Crippen LogP contribution in [0, 0.1) is 0 Å². The largest absolute Gasteiger partial charge is 0.467 e. The molecule has 11 heteroatoms. The van der Waals surface area contributed by atoms with Crippen LogP contribution in [0.5, 0.6) is 11.5 Å². The molecule has 0 heterocycles. The van der Waals surface area contributed by atoms with Crippen LogP contribution in [0.3, 0.4) is 0 Å². The Morgan fingerprint density at radius 2 is 1.44 bits per heavy atom. The van der Waals surface area contributed by atoms with Crippen molar-refractivity contribution in [1.29, 1.82) is 0 Å². The second kappa shape index (κ2) is 19.2. The molecule has 0 aliphatic heterocycles. The molecule has 2 rings (SSSR count). The van der Waals surface area contributed by atoms with E-state index < -0.39 is 17.3 Å². The Morgan fingerprint density at radius 3 is 2.09 bits per heavy atom. The Bertz CT molecular complexity index is 1180. The number of hydrogen-bond acceptors (Lipinski definition) is 10. The Labute approximate surface area is 268 Å². The summed E-state index contributed by atoms with van der Waals surface area (Å²) in [4.78, 5) is 26.7. The van der Waals surface area contributed by atoms with Crippen molar-refractivity contribution in [2.24, 2.45) is 0 Å². The van der Waals surface area contributed by atoms with Crippen LogP contribution in [0.1, 0.15) is 64.7 Å². The molecule has 1 amide bonds. The maximum Gasteiger partial charge on any atom is 0.407 e. The SMILES string of the molecule is COCOc1ccc(CCCNC(=O)OC(C)(C)C)cc1CNCCN(CC(=O)OC(C)(C)C)Cc1ccccc1OCOC. The number of benzene rings is 2. The van der Waals surface area contributed by atoms with E-state index in [1.807, 2.05) is 82.8 Å². The van der Waals surface area contributed by atoms with Gasteiger partial charge in [0, 0.05) is 58.1 Å². The molecule has 0 aliphatic carbocycles. The minimum atomic E-state index is -0.574. The van der Waals surface area contributed by atoms with Crippen molar-refractivity contribution in [3.63, 3.8) is 0 Å². The Balaban J connectivity index is 2.03. The van der Waals surface area contributed by atoms with E-state index in [9.17, 15) is 9.59 Å². The third kappa shape index (κ3) is 16.5. The van der Waals surface area contributed by atoms with Crippen molar-refractivity contribution < 1.29 is 38.0 Å². The molecule has 2 aromatic rings. The van der Waals surface area contributed by atoms with Gasteiger partial charge in [-0.2, -0.15) is 0 Å². The quantitative estimate of drug-likeness (QED) is 0.124. The normalized spacial score (nSPS) is 11.8. The number of carbonyl (C=O) groups is 2. The van der Waals surface area contributed by atoms with Gasteiger partial charge in [0.25, 0.3) is 0 Å². The zero-order valence-electron chi connectivity index (χ0n) is 28.3. The first-order valence-corrected chi connectivity index (χ1v) is 15.3. The highest BCUT2D eigenvalue weighted by atomic mass is 16.7. The van der Waals surface area contributed by atoms with Crippen molar-refractivity contribution in [3.05, 3.63) is 59.2 Å². The second-order valence-corrected chi connectivity index (χ2v) is 12.7. The predicted octanol–water partition coefficient (Wildman–Crippen LogP) is 5.04. The number of aryl methyl sites for hydroxylation is 1. The van der Waals surface area contributed by atoms with Crippen molar-refractivity contribution in [3.8, 4) is 11.5 Å². The summed E-state index contributed by atoms with van der Waals surface area (Å²) in [5.41, 5.74) is 1.96. The van der Waals surface area contributed by atoms with Crippen LogP contribution in [-0.2, 0) is 43.3 Å². The fourth-order valence-electron chi connectivity index (χ4n) is 4.36. The van der Waals surface area contributed by atoms with Crippen molar-refractivity contribution in [1.82, 2.24) is 15.5 Å². The lowest BCUT2D eigenvalue weighted by molar-refractivity contribution is -0.156. The minimum Gasteiger partial charge on any atom is -0.467 e. The maximum atomic E-state index is 12.8. The molecule has 0 aliphatic rings. The van der Waals surface area contributed by atoms with Gasteiger partial charge in [0.05, 0.1) is 6.54 Å². The van der Waals surface area contributed by atoms with Crippen LogP contribution < -0.4 is 20.1 Å². The number of para-hydroxylation sites is 1. The highest BCUT2D eigenvalue weighted by molar-refractivity contribution is 5.72. The summed E-state index contributed by atoms with van der Waals surface area (Å²) >= 11 is 0. The molecule has 252 valence electrons. The molecule has 0 radical (unpaired) electrons. The fraction of sp³-hybridized carbons (Fsp3) is 0.588. The van der Waals surface area contributed by atoms with Crippen LogP contribution in [0.25, 0.3) is 0 Å². The molecule has 0 saturated heterocycles. The van der Waals surface area contributed by atoms with Gasteiger partial charge in [0.2, 0.25) is 0 Å². The Kier molecular flexibility index (Phi) is 16.1. The number of rotatable bonds is 19. The lowest BCUT2D eigenvalue weighted by atomic mass is 10.1. The fourth-order valence-corrected chi connectivity index (χ4v) is 4.36. The van der Waals surface area contributed by atoms with Gasteiger partial charge < -0.3 is 39.1 Å². The summed E-state index contributed by atoms with van der Waals surface area (Å²) in [7, 11) is 3.16. The van der Waals surface area contributed by atoms with Gasteiger partial charge in [0.1, 0.15) is 22.7 Å². The molecule has 45 heavy (non-hydrogen) atoms. The van der Waals surface area contributed by atoms with Crippen LogP contribution in [0.2, 0.25) is 0 Å². The number of methoxy groups -OCH3 is 2. The van der Waals surface area contributed by atoms with Gasteiger partial charge in [-0.05, 0) is 72.1 Å². The number of nitrogens with zero attached hydrogens (tertiary/aromatic N) is 1. The van der Waals surface area contributed by atoms with Crippen molar-refractivity contribution in [2.45, 2.75) is 78.7 Å². The first-order chi connectivity index (χ1) is 21.3. The molecule has 0 fully saturated rings. The summed E-state index contributed by atoms with van der Waals surface area (Å²) in [6.07, 6.45) is 1.13. The van der Waals surface area contributed by atoms with Crippen LogP contribution >= 0.6 is 0 Å². The first-order valence-electron chi connectivity index (χ1n) is 15.3. The van der Waals surface area contributed by atoms with Crippen LogP contribution in [0.15, 0.2) is 42.5 Å². The molecular weight excluding hydrogens is 578 g/mol. The molecular formula is C34H53N3O8. The average Bonchev–Trinajstić information content (AvgIpc) is 2.94. The topological polar surface area (TPSA) is 117 Å². The summed E-state index contributed by atoms with van der Waals surface area (Å²) in [6.45, 7) is 14.3. The zero-order chi connectivity index (χ0) is 33.3. The monoisotopic (exact) mass is 631 g/mol. The first kappa shape index (κ1) is 37.8. The van der Waals surface area contributed by atoms with Gasteiger partial charge in [0.15, 0.2) is 13.6 Å². The second-order valence-electron chi connectivity index (χ2n) is 12.7. The summed E-state index contributed by atoms with van der Waals surface area (Å²) in [5, 5.41) is 6.30. The molecule has 11 nitrogen and oxygen atoms in total. The van der Waals surface area contributed by atoms with E-state index in [0.29, 0.717) is 38.5 Å². The number of alkyl carbamates (subject to hydrolysis) is 1. The third-order valence-corrected chi connectivity index (χ3v) is 6.16. The van der Waals surface area contributed by atoms with Gasteiger partial charge in [-0.1, -0.05) is 30.3 Å². The number of carbonyl (C=O) groups excluding carboxylic acids is 2. The number of hydrogen-bond donors (Lipinski definition) is 2. The standard InChI is InChI=1S/C34H53N3O8/c1-33(2,3)44-31(38)23-37(22-27-13-9-10-14-29(27)42-24-40-7)19-18-35-21-28-20-26(15-16-30(28)43-25-41-8)12-11-17-36-32(39)45-34(4,5)6/h9-10,13-16,20,35H,11-12,17-19,21-25H2,1-8H3,(H,36,39). The lowest BCUT2D eigenvalue weighted by Gasteiger charge is -2.26. The minimum absolute atomic E-state index is 0.132. The van der Waals surface area contributed by atoms with Crippen LogP contribution in [0.4, 0.5) is 4.79 Å². The molecule has 0 bridgehead atoms. The van der Waals surface area contributed by atoms with E-state index in [4.69, 9.17) is 28.4 Å². The molecule has 0 spiro atoms. The Hall–Kier alpha value is -3.38. The van der Waals surface area contributed by atoms with Gasteiger partial charge in [-0.25, -0.2) is 4.79 Å². The number of amides is 1. The van der Waals surface area contributed by atoms with E-state index in [1.54, 1.807) is 14.2 Å². The van der Waals surface area contributed by atoms with Crippen molar-refractivity contribution >= 4 is 12.1 Å². The number of nitrogens with one attached hydrogen (secondary N) is 2. The molecule has 0 aromatic heterocycles. The summed E-state index contributed by atoms with van der Waals surface area (Å²) < 4.78 is 32.7. The maximum absolute atomic E-state index is 12.8. The molecule has 0 unspecified atom stereocenters. The Morgan fingerprint density at radius 1 is 0.800 bits per heavy atom. The smallest absolute Gasteiger partial charge is 0.407 e. The average molecular weight is 632 g/mol. The van der Waals surface area contributed by atoms with Gasteiger partial charge in [-0.15, -0.1) is 0 Å². The van der Waals surface area contributed by atoms with Gasteiger partial charge >= 0.3 is 12.1 Å². The summed E-state index contributed by atoms with van der Waals surface area (Å²) in [6, 6.07) is 13.8.